The summed E-state index contributed by atoms with van der Waals surface area (Å²) in [7, 11) is 0. The van der Waals surface area contributed by atoms with Gasteiger partial charge in [0.25, 0.3) is 0 Å². The van der Waals surface area contributed by atoms with Crippen molar-refractivity contribution < 1.29 is 15.0 Å². The van der Waals surface area contributed by atoms with Gasteiger partial charge in [0.1, 0.15) is 0 Å². The molecule has 4 nitrogen and oxygen atoms in total. The Bertz CT molecular complexity index is 272. The molecule has 0 aromatic heterocycles. The molecule has 4 heteroatoms. The summed E-state index contributed by atoms with van der Waals surface area (Å²) < 4.78 is 0. The topological polar surface area (TPSA) is 69.6 Å². The third-order valence-electron chi connectivity index (χ3n) is 4.52. The predicted molar refractivity (Wildman–Crippen MR) is 101 cm³/mol. The van der Waals surface area contributed by atoms with Gasteiger partial charge in [0.05, 0.1) is 12.7 Å². The Labute approximate surface area is 149 Å². The van der Waals surface area contributed by atoms with E-state index in [1.165, 1.54) is 57.8 Å². The van der Waals surface area contributed by atoms with E-state index in [9.17, 15) is 9.90 Å². The molecule has 0 heterocycles. The molecule has 0 aromatic rings. The van der Waals surface area contributed by atoms with Gasteiger partial charge >= 0.3 is 0 Å². The van der Waals surface area contributed by atoms with Crippen molar-refractivity contribution >= 4 is 5.91 Å². The van der Waals surface area contributed by atoms with Crippen LogP contribution in [-0.4, -0.2) is 35.4 Å². The summed E-state index contributed by atoms with van der Waals surface area (Å²) in [6.07, 6.45) is 16.8. The van der Waals surface area contributed by atoms with E-state index in [1.54, 1.807) is 0 Å². The fraction of sp³-hybridized carbons (Fsp3) is 0.950. The van der Waals surface area contributed by atoms with Gasteiger partial charge in [-0.1, -0.05) is 77.6 Å². The predicted octanol–water partition coefficient (Wildman–Crippen LogP) is 4.33. The number of amides is 1. The molecule has 0 rings (SSSR count). The Balaban J connectivity index is 3.21. The van der Waals surface area contributed by atoms with Crippen LogP contribution in [0.2, 0.25) is 0 Å². The normalized spacial score (nSPS) is 12.3. The first-order valence-electron chi connectivity index (χ1n) is 10.3. The average Bonchev–Trinajstić information content (AvgIpc) is 2.58. The van der Waals surface area contributed by atoms with Crippen molar-refractivity contribution in [3.05, 3.63) is 0 Å². The molecule has 0 unspecified atom stereocenters. The van der Waals surface area contributed by atoms with Crippen LogP contribution in [0.3, 0.4) is 0 Å². The molecule has 0 saturated carbocycles. The van der Waals surface area contributed by atoms with Gasteiger partial charge in [0.2, 0.25) is 5.91 Å². The molecule has 24 heavy (non-hydrogen) atoms. The van der Waals surface area contributed by atoms with Gasteiger partial charge in [-0.2, -0.15) is 0 Å². The minimum Gasteiger partial charge on any atom is -0.395 e. The van der Waals surface area contributed by atoms with E-state index >= 15 is 0 Å². The first-order chi connectivity index (χ1) is 11.7. The molecule has 0 radical (unpaired) electrons. The third-order valence-corrected chi connectivity index (χ3v) is 4.52. The standard InChI is InChI=1S/C20H41NO3/c1-2-3-4-5-8-11-14-19(23)15-12-9-6-7-10-13-16-20(24)21-17-18-22/h19,22-23H,2-18H2,1H3,(H,21,24)/t19-/m0/s1. The minimum absolute atomic E-state index is 0.0104. The van der Waals surface area contributed by atoms with Crippen molar-refractivity contribution in [2.75, 3.05) is 13.2 Å². The number of carbonyl (C=O) groups excluding carboxylic acids is 1. The van der Waals surface area contributed by atoms with E-state index < -0.39 is 0 Å². The average molecular weight is 344 g/mol. The molecule has 0 bridgehead atoms. The monoisotopic (exact) mass is 343 g/mol. The minimum atomic E-state index is -0.105. The second-order valence-corrected chi connectivity index (χ2v) is 6.94. The summed E-state index contributed by atoms with van der Waals surface area (Å²) >= 11 is 0. The molecule has 1 amide bonds. The largest absolute Gasteiger partial charge is 0.395 e. The number of unbranched alkanes of at least 4 members (excludes halogenated alkanes) is 10. The van der Waals surface area contributed by atoms with E-state index in [-0.39, 0.29) is 18.6 Å². The van der Waals surface area contributed by atoms with Crippen LogP contribution in [0, 0.1) is 0 Å². The Morgan fingerprint density at radius 2 is 1.33 bits per heavy atom. The molecule has 0 saturated heterocycles. The lowest BCUT2D eigenvalue weighted by Gasteiger charge is -2.10. The maximum atomic E-state index is 11.3. The Kier molecular flexibility index (Phi) is 18.2. The smallest absolute Gasteiger partial charge is 0.220 e. The van der Waals surface area contributed by atoms with Crippen LogP contribution in [0.15, 0.2) is 0 Å². The van der Waals surface area contributed by atoms with Crippen LogP contribution in [0.25, 0.3) is 0 Å². The van der Waals surface area contributed by atoms with Crippen LogP contribution < -0.4 is 5.32 Å². The SMILES string of the molecule is CCCCCCCC[C@H](O)CCCCCCCCC(=O)NCCO. The number of hydrogen-bond donors (Lipinski definition) is 3. The molecule has 0 fully saturated rings. The van der Waals surface area contributed by atoms with E-state index in [2.05, 4.69) is 12.2 Å². The maximum absolute atomic E-state index is 11.3. The quantitative estimate of drug-likeness (QED) is 0.324. The Morgan fingerprint density at radius 1 is 0.833 bits per heavy atom. The summed E-state index contributed by atoms with van der Waals surface area (Å²) in [6.45, 7) is 2.61. The van der Waals surface area contributed by atoms with Gasteiger partial charge in [-0.3, -0.25) is 4.79 Å². The van der Waals surface area contributed by atoms with Gasteiger partial charge < -0.3 is 15.5 Å². The van der Waals surface area contributed by atoms with Crippen LogP contribution in [0.1, 0.15) is 103 Å². The summed E-state index contributed by atoms with van der Waals surface area (Å²) in [5, 5.41) is 21.2. The van der Waals surface area contributed by atoms with Crippen molar-refractivity contribution in [3.8, 4) is 0 Å². The molecule has 3 N–H and O–H groups in total. The molecule has 0 aliphatic heterocycles. The van der Waals surface area contributed by atoms with Crippen LogP contribution in [0.4, 0.5) is 0 Å². The second kappa shape index (κ2) is 18.7. The van der Waals surface area contributed by atoms with Crippen molar-refractivity contribution in [1.82, 2.24) is 5.32 Å². The first-order valence-corrected chi connectivity index (χ1v) is 10.3. The molecule has 0 aromatic carbocycles. The fourth-order valence-corrected chi connectivity index (χ4v) is 2.96. The zero-order valence-electron chi connectivity index (χ0n) is 15.9. The molecule has 0 aliphatic rings. The highest BCUT2D eigenvalue weighted by Crippen LogP contribution is 2.14. The molecule has 0 spiro atoms. The fourth-order valence-electron chi connectivity index (χ4n) is 2.96. The highest BCUT2D eigenvalue weighted by Gasteiger charge is 2.04. The lowest BCUT2D eigenvalue weighted by atomic mass is 10.0. The maximum Gasteiger partial charge on any atom is 0.220 e. The van der Waals surface area contributed by atoms with Gasteiger partial charge in [-0.25, -0.2) is 0 Å². The molecule has 1 atom stereocenters. The number of rotatable bonds is 18. The Morgan fingerprint density at radius 3 is 1.88 bits per heavy atom. The van der Waals surface area contributed by atoms with Crippen molar-refractivity contribution in [2.45, 2.75) is 109 Å². The number of aliphatic hydroxyl groups is 2. The molecule has 144 valence electrons. The summed E-state index contributed by atoms with van der Waals surface area (Å²) in [5.41, 5.74) is 0. The number of carbonyl (C=O) groups is 1. The third kappa shape index (κ3) is 17.7. The number of nitrogens with one attached hydrogen (secondary N) is 1. The zero-order valence-corrected chi connectivity index (χ0v) is 15.9. The second-order valence-electron chi connectivity index (χ2n) is 6.94. The van der Waals surface area contributed by atoms with E-state index in [0.717, 1.165) is 32.1 Å². The number of aliphatic hydroxyl groups excluding tert-OH is 2. The lowest BCUT2D eigenvalue weighted by molar-refractivity contribution is -0.121. The lowest BCUT2D eigenvalue weighted by Crippen LogP contribution is -2.25. The zero-order chi connectivity index (χ0) is 17.9. The summed E-state index contributed by atoms with van der Waals surface area (Å²) in [4.78, 5) is 11.3. The van der Waals surface area contributed by atoms with Gasteiger partial charge in [0.15, 0.2) is 0 Å². The first kappa shape index (κ1) is 23.4. The van der Waals surface area contributed by atoms with E-state index in [4.69, 9.17) is 5.11 Å². The Hall–Kier alpha value is -0.610. The van der Waals surface area contributed by atoms with Gasteiger partial charge in [0, 0.05) is 13.0 Å². The van der Waals surface area contributed by atoms with Crippen molar-refractivity contribution in [1.29, 1.82) is 0 Å². The number of hydrogen-bond acceptors (Lipinski definition) is 3. The van der Waals surface area contributed by atoms with Crippen LogP contribution >= 0.6 is 0 Å². The van der Waals surface area contributed by atoms with Crippen LogP contribution in [-0.2, 0) is 4.79 Å². The molecular formula is C20H41NO3. The van der Waals surface area contributed by atoms with E-state index in [0.29, 0.717) is 13.0 Å². The van der Waals surface area contributed by atoms with Gasteiger partial charge in [-0.05, 0) is 19.3 Å². The summed E-state index contributed by atoms with van der Waals surface area (Å²) in [6, 6.07) is 0. The van der Waals surface area contributed by atoms with E-state index in [1.807, 2.05) is 0 Å². The molecular weight excluding hydrogens is 302 g/mol. The molecule has 0 aliphatic carbocycles. The van der Waals surface area contributed by atoms with Crippen LogP contribution in [0.5, 0.6) is 0 Å². The highest BCUT2D eigenvalue weighted by atomic mass is 16.3. The van der Waals surface area contributed by atoms with Crippen molar-refractivity contribution in [3.63, 3.8) is 0 Å². The van der Waals surface area contributed by atoms with Crippen molar-refractivity contribution in [2.24, 2.45) is 0 Å². The van der Waals surface area contributed by atoms with Gasteiger partial charge in [-0.15, -0.1) is 0 Å². The highest BCUT2D eigenvalue weighted by molar-refractivity contribution is 5.75. The summed E-state index contributed by atoms with van der Waals surface area (Å²) in [5.74, 6) is 0.0434.